The quantitative estimate of drug-likeness (QED) is 0.556. The van der Waals surface area contributed by atoms with Crippen molar-refractivity contribution in [2.45, 2.75) is 18.6 Å². The molecule has 1 aromatic rings. The molecule has 2 amide bonds. The Bertz CT molecular complexity index is 430. The molecule has 98 valence electrons. The van der Waals surface area contributed by atoms with E-state index in [1.165, 1.54) is 31.3 Å². The van der Waals surface area contributed by atoms with Crippen LogP contribution in [0.5, 0.6) is 0 Å². The van der Waals surface area contributed by atoms with Gasteiger partial charge in [0.05, 0.1) is 12.5 Å². The van der Waals surface area contributed by atoms with Gasteiger partial charge < -0.3 is 21.3 Å². The van der Waals surface area contributed by atoms with E-state index in [0.29, 0.717) is 11.1 Å². The highest BCUT2D eigenvalue weighted by atomic mass is 16.3. The lowest BCUT2D eigenvalue weighted by Crippen LogP contribution is -2.25. The molecule has 0 aromatic heterocycles. The summed E-state index contributed by atoms with van der Waals surface area (Å²) < 4.78 is 0. The van der Waals surface area contributed by atoms with Gasteiger partial charge in [0, 0.05) is 12.6 Å². The molecule has 18 heavy (non-hydrogen) atoms. The van der Waals surface area contributed by atoms with Crippen molar-refractivity contribution in [3.63, 3.8) is 0 Å². The lowest BCUT2D eigenvalue weighted by molar-refractivity contribution is -0.121. The number of nitrogens with two attached hydrogens (primary N) is 1. The number of aliphatic hydroxyl groups excluding tert-OH is 2. The van der Waals surface area contributed by atoms with Gasteiger partial charge >= 0.3 is 0 Å². The molecule has 0 bridgehead atoms. The van der Waals surface area contributed by atoms with Crippen molar-refractivity contribution in [1.29, 1.82) is 0 Å². The Morgan fingerprint density at radius 3 is 2.28 bits per heavy atom. The van der Waals surface area contributed by atoms with Crippen LogP contribution in [0, 0.1) is 0 Å². The molecule has 2 atom stereocenters. The van der Waals surface area contributed by atoms with Crippen molar-refractivity contribution < 1.29 is 19.8 Å². The second kappa shape index (κ2) is 6.13. The molecule has 0 fully saturated rings. The Hall–Kier alpha value is -1.92. The van der Waals surface area contributed by atoms with Gasteiger partial charge in [-0.25, -0.2) is 0 Å². The van der Waals surface area contributed by atoms with E-state index in [1.807, 2.05) is 0 Å². The number of benzene rings is 1. The highest BCUT2D eigenvalue weighted by molar-refractivity contribution is 5.93. The van der Waals surface area contributed by atoms with Crippen LogP contribution in [0.2, 0.25) is 0 Å². The third-order valence-electron chi connectivity index (χ3n) is 2.52. The van der Waals surface area contributed by atoms with Gasteiger partial charge in [-0.15, -0.1) is 0 Å². The predicted octanol–water partition coefficient (Wildman–Crippen LogP) is -0.684. The zero-order valence-corrected chi connectivity index (χ0v) is 9.96. The Balaban J connectivity index is 2.78. The van der Waals surface area contributed by atoms with Crippen LogP contribution in [0.15, 0.2) is 24.3 Å². The molecule has 2 unspecified atom stereocenters. The van der Waals surface area contributed by atoms with Crippen LogP contribution in [-0.2, 0) is 4.79 Å². The zero-order valence-electron chi connectivity index (χ0n) is 9.96. The van der Waals surface area contributed by atoms with Crippen LogP contribution < -0.4 is 11.1 Å². The molecule has 0 aliphatic heterocycles. The number of carbonyl (C=O) groups is 2. The first-order valence-electron chi connectivity index (χ1n) is 5.42. The molecule has 1 aromatic carbocycles. The summed E-state index contributed by atoms with van der Waals surface area (Å²) in [6.45, 7) is 0. The number of aliphatic hydroxyl groups is 2. The minimum Gasteiger partial charge on any atom is -0.390 e. The van der Waals surface area contributed by atoms with E-state index in [-0.39, 0.29) is 12.3 Å². The second-order valence-electron chi connectivity index (χ2n) is 3.88. The summed E-state index contributed by atoms with van der Waals surface area (Å²) in [4.78, 5) is 21.9. The molecular formula is C12H16N2O4. The topological polar surface area (TPSA) is 113 Å². The first kappa shape index (κ1) is 14.1. The molecule has 0 radical (unpaired) electrons. The van der Waals surface area contributed by atoms with Crippen LogP contribution in [0.25, 0.3) is 0 Å². The summed E-state index contributed by atoms with van der Waals surface area (Å²) in [5, 5.41) is 21.8. The van der Waals surface area contributed by atoms with Crippen molar-refractivity contribution in [2.75, 3.05) is 7.05 Å². The standard InChI is InChI=1S/C12H16N2O4/c1-14-12(18)8-4-2-7(3-5-8)11(17)9(15)6-10(13)16/h2-5,9,11,15,17H,6H2,1H3,(H2,13,16)(H,14,18). The highest BCUT2D eigenvalue weighted by Gasteiger charge is 2.20. The third kappa shape index (κ3) is 3.54. The van der Waals surface area contributed by atoms with Gasteiger partial charge in [0.15, 0.2) is 0 Å². The summed E-state index contributed by atoms with van der Waals surface area (Å²) in [7, 11) is 1.52. The van der Waals surface area contributed by atoms with Gasteiger partial charge in [-0.05, 0) is 17.7 Å². The van der Waals surface area contributed by atoms with E-state index in [9.17, 15) is 19.8 Å². The number of primary amides is 1. The van der Waals surface area contributed by atoms with Crippen LogP contribution in [0.1, 0.15) is 28.4 Å². The molecule has 6 heteroatoms. The van der Waals surface area contributed by atoms with Gasteiger partial charge in [-0.3, -0.25) is 9.59 Å². The second-order valence-corrected chi connectivity index (χ2v) is 3.88. The molecule has 5 N–H and O–H groups in total. The maximum atomic E-state index is 11.3. The lowest BCUT2D eigenvalue weighted by Gasteiger charge is -2.16. The van der Waals surface area contributed by atoms with Crippen LogP contribution in [-0.4, -0.2) is 35.2 Å². The van der Waals surface area contributed by atoms with Crippen molar-refractivity contribution in [1.82, 2.24) is 5.32 Å². The van der Waals surface area contributed by atoms with Crippen molar-refractivity contribution >= 4 is 11.8 Å². The fourth-order valence-corrected chi connectivity index (χ4v) is 1.52. The number of nitrogens with one attached hydrogen (secondary N) is 1. The Labute approximate surface area is 104 Å². The van der Waals surface area contributed by atoms with Crippen LogP contribution >= 0.6 is 0 Å². The molecular weight excluding hydrogens is 236 g/mol. The molecule has 0 aliphatic carbocycles. The van der Waals surface area contributed by atoms with E-state index in [1.54, 1.807) is 0 Å². The molecule has 0 aliphatic rings. The van der Waals surface area contributed by atoms with Crippen LogP contribution in [0.4, 0.5) is 0 Å². The molecule has 0 saturated carbocycles. The maximum Gasteiger partial charge on any atom is 0.251 e. The minimum absolute atomic E-state index is 0.242. The first-order chi connectivity index (χ1) is 8.45. The van der Waals surface area contributed by atoms with E-state index in [2.05, 4.69) is 5.32 Å². The summed E-state index contributed by atoms with van der Waals surface area (Å²) in [6.07, 6.45) is -2.79. The van der Waals surface area contributed by atoms with E-state index in [0.717, 1.165) is 0 Å². The van der Waals surface area contributed by atoms with E-state index in [4.69, 9.17) is 5.73 Å². The highest BCUT2D eigenvalue weighted by Crippen LogP contribution is 2.19. The van der Waals surface area contributed by atoms with Crippen LogP contribution in [0.3, 0.4) is 0 Å². The fraction of sp³-hybridized carbons (Fsp3) is 0.333. The Morgan fingerprint density at radius 2 is 1.83 bits per heavy atom. The number of amides is 2. The van der Waals surface area contributed by atoms with Gasteiger partial charge in [-0.2, -0.15) is 0 Å². The maximum absolute atomic E-state index is 11.3. The van der Waals surface area contributed by atoms with E-state index < -0.39 is 18.1 Å². The summed E-state index contributed by atoms with van der Waals surface area (Å²) in [6, 6.07) is 6.07. The predicted molar refractivity (Wildman–Crippen MR) is 64.6 cm³/mol. The monoisotopic (exact) mass is 252 g/mol. The van der Waals surface area contributed by atoms with E-state index >= 15 is 0 Å². The molecule has 0 heterocycles. The summed E-state index contributed by atoms with van der Waals surface area (Å²) in [5.74, 6) is -0.933. The first-order valence-corrected chi connectivity index (χ1v) is 5.42. The normalized spacial score (nSPS) is 13.7. The van der Waals surface area contributed by atoms with Gasteiger partial charge in [0.2, 0.25) is 5.91 Å². The van der Waals surface area contributed by atoms with Crippen molar-refractivity contribution in [2.24, 2.45) is 5.73 Å². The molecule has 0 spiro atoms. The van der Waals surface area contributed by atoms with Gasteiger partial charge in [-0.1, -0.05) is 12.1 Å². The smallest absolute Gasteiger partial charge is 0.251 e. The average molecular weight is 252 g/mol. The summed E-state index contributed by atoms with van der Waals surface area (Å²) >= 11 is 0. The average Bonchev–Trinajstić information content (AvgIpc) is 2.36. The number of hydrogen-bond acceptors (Lipinski definition) is 4. The minimum atomic E-state index is -1.26. The number of carbonyl (C=O) groups excluding carboxylic acids is 2. The number of hydrogen-bond donors (Lipinski definition) is 4. The van der Waals surface area contributed by atoms with Crippen molar-refractivity contribution in [3.05, 3.63) is 35.4 Å². The molecule has 6 nitrogen and oxygen atoms in total. The zero-order chi connectivity index (χ0) is 13.7. The van der Waals surface area contributed by atoms with Gasteiger partial charge in [0.1, 0.15) is 6.10 Å². The van der Waals surface area contributed by atoms with Gasteiger partial charge in [0.25, 0.3) is 5.91 Å². The molecule has 1 rings (SSSR count). The summed E-state index contributed by atoms with van der Waals surface area (Å²) in [5.41, 5.74) is 5.78. The molecule has 0 saturated heterocycles. The Kier molecular flexibility index (Phi) is 4.82. The largest absolute Gasteiger partial charge is 0.390 e. The Morgan fingerprint density at radius 1 is 1.28 bits per heavy atom. The lowest BCUT2D eigenvalue weighted by atomic mass is 10.0. The van der Waals surface area contributed by atoms with Crippen molar-refractivity contribution in [3.8, 4) is 0 Å². The third-order valence-corrected chi connectivity index (χ3v) is 2.52. The SMILES string of the molecule is CNC(=O)c1ccc(C(O)C(O)CC(N)=O)cc1. The number of rotatable bonds is 5. The fourth-order valence-electron chi connectivity index (χ4n) is 1.52.